The van der Waals surface area contributed by atoms with Gasteiger partial charge in [-0.15, -0.1) is 0 Å². The molecule has 1 saturated heterocycles. The van der Waals surface area contributed by atoms with E-state index >= 15 is 0 Å². The third-order valence-corrected chi connectivity index (χ3v) is 4.56. The lowest BCUT2D eigenvalue weighted by molar-refractivity contribution is -0.133. The number of carbonyl (C=O) groups is 1. The summed E-state index contributed by atoms with van der Waals surface area (Å²) in [5.74, 6) is 0.270. The third kappa shape index (κ3) is 2.21. The zero-order valence-electron chi connectivity index (χ0n) is 12.2. The third-order valence-electron chi connectivity index (χ3n) is 4.56. The van der Waals surface area contributed by atoms with Crippen molar-refractivity contribution < 1.29 is 4.79 Å². The Balaban J connectivity index is 1.82. The Hall–Kier alpha value is -1.77. The number of carbonyl (C=O) groups excluding carboxylic acids is 1. The molecule has 1 aliphatic heterocycles. The second kappa shape index (κ2) is 5.31. The Kier molecular flexibility index (Phi) is 3.51. The second-order valence-electron chi connectivity index (χ2n) is 5.83. The summed E-state index contributed by atoms with van der Waals surface area (Å²) in [6, 6.07) is 8.99. The van der Waals surface area contributed by atoms with E-state index in [0.29, 0.717) is 18.5 Å². The summed E-state index contributed by atoms with van der Waals surface area (Å²) >= 11 is 0. The first-order valence-electron chi connectivity index (χ1n) is 7.57. The van der Waals surface area contributed by atoms with Crippen LogP contribution < -0.4 is 0 Å². The number of hydrogen-bond acceptors (Lipinski definition) is 1. The van der Waals surface area contributed by atoms with Crippen molar-refractivity contribution in [2.75, 3.05) is 0 Å². The fourth-order valence-electron chi connectivity index (χ4n) is 3.45. The van der Waals surface area contributed by atoms with E-state index in [2.05, 4.69) is 35.9 Å². The number of aromatic nitrogens is 1. The van der Waals surface area contributed by atoms with Crippen LogP contribution in [0.25, 0.3) is 10.9 Å². The quantitative estimate of drug-likeness (QED) is 0.910. The normalized spacial score (nSPS) is 22.6. The molecule has 2 heterocycles. The van der Waals surface area contributed by atoms with Crippen LogP contribution in [0.15, 0.2) is 30.5 Å². The molecule has 1 aliphatic rings. The fourth-order valence-corrected chi connectivity index (χ4v) is 3.45. The molecule has 1 amide bonds. The van der Waals surface area contributed by atoms with E-state index in [9.17, 15) is 4.79 Å². The van der Waals surface area contributed by atoms with E-state index in [1.54, 1.807) is 0 Å². The van der Waals surface area contributed by atoms with Gasteiger partial charge in [-0.3, -0.25) is 4.79 Å². The molecule has 0 spiro atoms. The molecule has 0 bridgehead atoms. The van der Waals surface area contributed by atoms with Gasteiger partial charge in [-0.2, -0.15) is 0 Å². The van der Waals surface area contributed by atoms with Crippen LogP contribution in [0.1, 0.15) is 38.7 Å². The van der Waals surface area contributed by atoms with E-state index in [0.717, 1.165) is 30.3 Å². The van der Waals surface area contributed by atoms with Crippen molar-refractivity contribution in [3.05, 3.63) is 36.0 Å². The molecule has 1 N–H and O–H groups in total. The topological polar surface area (TPSA) is 36.1 Å². The molecule has 3 nitrogen and oxygen atoms in total. The van der Waals surface area contributed by atoms with Gasteiger partial charge in [-0.25, -0.2) is 0 Å². The van der Waals surface area contributed by atoms with Crippen LogP contribution >= 0.6 is 0 Å². The average Bonchev–Trinajstić information content (AvgIpc) is 3.03. The highest BCUT2D eigenvalue weighted by Gasteiger charge is 2.32. The molecule has 0 saturated carbocycles. The minimum atomic E-state index is 0.270. The zero-order chi connectivity index (χ0) is 14.1. The number of aromatic amines is 1. The number of para-hydroxylation sites is 1. The molecule has 1 aromatic heterocycles. The van der Waals surface area contributed by atoms with Crippen LogP contribution in [0.3, 0.4) is 0 Å². The SMILES string of the molecule is CCC1CCC(C)N1C(=O)Cc1c[nH]c2ccccc12. The fraction of sp³-hybridized carbons (Fsp3) is 0.471. The lowest BCUT2D eigenvalue weighted by Crippen LogP contribution is -2.40. The van der Waals surface area contributed by atoms with E-state index in [1.165, 1.54) is 5.39 Å². The Bertz CT molecular complexity index is 616. The minimum absolute atomic E-state index is 0.270. The average molecular weight is 270 g/mol. The molecule has 1 aromatic carbocycles. The maximum atomic E-state index is 12.6. The molecule has 0 aliphatic carbocycles. The lowest BCUT2D eigenvalue weighted by Gasteiger charge is -2.28. The smallest absolute Gasteiger partial charge is 0.227 e. The van der Waals surface area contributed by atoms with Crippen LogP contribution in [0.2, 0.25) is 0 Å². The molecular weight excluding hydrogens is 248 g/mol. The number of nitrogens with zero attached hydrogens (tertiary/aromatic N) is 1. The number of nitrogens with one attached hydrogen (secondary N) is 1. The van der Waals surface area contributed by atoms with Crippen LogP contribution in [0.5, 0.6) is 0 Å². The number of fused-ring (bicyclic) bond motifs is 1. The van der Waals surface area contributed by atoms with Crippen molar-refractivity contribution in [1.82, 2.24) is 9.88 Å². The predicted molar refractivity (Wildman–Crippen MR) is 81.6 cm³/mol. The van der Waals surface area contributed by atoms with Crippen molar-refractivity contribution in [2.24, 2.45) is 0 Å². The molecule has 0 radical (unpaired) electrons. The largest absolute Gasteiger partial charge is 0.361 e. The first kappa shape index (κ1) is 13.2. The maximum Gasteiger partial charge on any atom is 0.227 e. The van der Waals surface area contributed by atoms with Gasteiger partial charge in [0.2, 0.25) is 5.91 Å². The minimum Gasteiger partial charge on any atom is -0.361 e. The van der Waals surface area contributed by atoms with E-state index in [-0.39, 0.29) is 5.91 Å². The predicted octanol–water partition coefficient (Wildman–Crippen LogP) is 3.50. The van der Waals surface area contributed by atoms with Crippen LogP contribution in [0, 0.1) is 0 Å². The van der Waals surface area contributed by atoms with Gasteiger partial charge in [0.15, 0.2) is 0 Å². The van der Waals surface area contributed by atoms with Gasteiger partial charge >= 0.3 is 0 Å². The number of benzene rings is 1. The zero-order valence-corrected chi connectivity index (χ0v) is 12.2. The Morgan fingerprint density at radius 1 is 1.35 bits per heavy atom. The Morgan fingerprint density at radius 3 is 2.95 bits per heavy atom. The Morgan fingerprint density at radius 2 is 2.15 bits per heavy atom. The van der Waals surface area contributed by atoms with Gasteiger partial charge in [0.1, 0.15) is 0 Å². The van der Waals surface area contributed by atoms with Gasteiger partial charge in [0, 0.05) is 29.2 Å². The number of amides is 1. The lowest BCUT2D eigenvalue weighted by atomic mass is 10.1. The first-order valence-corrected chi connectivity index (χ1v) is 7.57. The van der Waals surface area contributed by atoms with E-state index in [1.807, 2.05) is 18.3 Å². The van der Waals surface area contributed by atoms with Crippen molar-refractivity contribution in [1.29, 1.82) is 0 Å². The van der Waals surface area contributed by atoms with Gasteiger partial charge < -0.3 is 9.88 Å². The standard InChI is InChI=1S/C17H22N2O/c1-3-14-9-8-12(2)19(14)17(20)10-13-11-18-16-7-5-4-6-15(13)16/h4-7,11-12,14,18H,3,8-10H2,1-2H3. The molecule has 3 rings (SSSR count). The van der Waals surface area contributed by atoms with Crippen LogP contribution in [0.4, 0.5) is 0 Å². The molecule has 20 heavy (non-hydrogen) atoms. The highest BCUT2D eigenvalue weighted by atomic mass is 16.2. The van der Waals surface area contributed by atoms with Crippen molar-refractivity contribution >= 4 is 16.8 Å². The summed E-state index contributed by atoms with van der Waals surface area (Å²) in [5.41, 5.74) is 2.22. The number of hydrogen-bond donors (Lipinski definition) is 1. The molecule has 106 valence electrons. The van der Waals surface area contributed by atoms with Crippen molar-refractivity contribution in [3.8, 4) is 0 Å². The Labute approximate surface area is 120 Å². The summed E-state index contributed by atoms with van der Waals surface area (Å²) in [6.07, 6.45) is 5.83. The van der Waals surface area contributed by atoms with Gasteiger partial charge in [-0.1, -0.05) is 25.1 Å². The molecule has 2 atom stereocenters. The highest BCUT2D eigenvalue weighted by molar-refractivity contribution is 5.89. The van der Waals surface area contributed by atoms with Crippen LogP contribution in [-0.2, 0) is 11.2 Å². The number of rotatable bonds is 3. The van der Waals surface area contributed by atoms with Crippen LogP contribution in [-0.4, -0.2) is 27.9 Å². The number of likely N-dealkylation sites (tertiary alicyclic amines) is 1. The summed E-state index contributed by atoms with van der Waals surface area (Å²) < 4.78 is 0. The molecular formula is C17H22N2O. The summed E-state index contributed by atoms with van der Waals surface area (Å²) in [7, 11) is 0. The highest BCUT2D eigenvalue weighted by Crippen LogP contribution is 2.27. The molecule has 2 unspecified atom stereocenters. The van der Waals surface area contributed by atoms with Gasteiger partial charge in [0.05, 0.1) is 6.42 Å². The first-order chi connectivity index (χ1) is 9.70. The van der Waals surface area contributed by atoms with Gasteiger partial charge in [0.25, 0.3) is 0 Å². The number of H-pyrrole nitrogens is 1. The van der Waals surface area contributed by atoms with E-state index in [4.69, 9.17) is 0 Å². The second-order valence-corrected chi connectivity index (χ2v) is 5.83. The molecule has 1 fully saturated rings. The maximum absolute atomic E-state index is 12.6. The summed E-state index contributed by atoms with van der Waals surface area (Å²) in [4.78, 5) is 18.0. The van der Waals surface area contributed by atoms with Gasteiger partial charge in [-0.05, 0) is 37.8 Å². The summed E-state index contributed by atoms with van der Waals surface area (Å²) in [6.45, 7) is 4.34. The summed E-state index contributed by atoms with van der Waals surface area (Å²) in [5, 5.41) is 1.17. The molecule has 3 heteroatoms. The van der Waals surface area contributed by atoms with E-state index < -0.39 is 0 Å². The molecule has 2 aromatic rings. The van der Waals surface area contributed by atoms with Crippen molar-refractivity contribution in [2.45, 2.75) is 51.6 Å². The monoisotopic (exact) mass is 270 g/mol. The van der Waals surface area contributed by atoms with Crippen molar-refractivity contribution in [3.63, 3.8) is 0 Å².